The molecule has 0 aliphatic rings. The van der Waals surface area contributed by atoms with Crippen LogP contribution in [0.1, 0.15) is 53.6 Å². The molecule has 0 aliphatic heterocycles. The predicted molar refractivity (Wildman–Crippen MR) is 120 cm³/mol. The highest BCUT2D eigenvalue weighted by molar-refractivity contribution is 6.16. The number of benzene rings is 1. The number of anilines is 1. The fourth-order valence-corrected chi connectivity index (χ4v) is 3.26. The molecule has 0 aliphatic carbocycles. The number of nitrogens with one attached hydrogen (secondary N) is 3. The average Bonchev–Trinajstić information content (AvgIpc) is 3.20. The quantitative estimate of drug-likeness (QED) is 0.349. The molecule has 0 saturated carbocycles. The number of rotatable bonds is 9. The lowest BCUT2D eigenvalue weighted by Crippen LogP contribution is -2.12. The van der Waals surface area contributed by atoms with Crippen LogP contribution < -0.4 is 5.32 Å². The lowest BCUT2D eigenvalue weighted by atomic mass is 9.98. The maximum atomic E-state index is 14.5. The van der Waals surface area contributed by atoms with Crippen molar-refractivity contribution in [2.24, 2.45) is 4.99 Å². The molecule has 7 nitrogen and oxygen atoms in total. The third kappa shape index (κ3) is 4.91. The molecular formula is C23H24FN5O2. The monoisotopic (exact) mass is 421 g/mol. The zero-order valence-electron chi connectivity index (χ0n) is 17.4. The van der Waals surface area contributed by atoms with Gasteiger partial charge in [0, 0.05) is 54.9 Å². The van der Waals surface area contributed by atoms with Crippen LogP contribution >= 0.6 is 0 Å². The Labute approximate surface area is 179 Å². The molecule has 0 saturated heterocycles. The number of fused-ring (bicyclic) bond motifs is 1. The van der Waals surface area contributed by atoms with E-state index < -0.39 is 11.6 Å². The Kier molecular flexibility index (Phi) is 7.02. The van der Waals surface area contributed by atoms with Crippen molar-refractivity contribution in [2.75, 3.05) is 12.4 Å². The number of pyridine rings is 1. The highest BCUT2D eigenvalue weighted by atomic mass is 19.1. The smallest absolute Gasteiger partial charge is 0.224 e. The van der Waals surface area contributed by atoms with Crippen LogP contribution in [0.4, 0.5) is 10.1 Å². The number of carbonyl (C=O) groups excluding carboxylic acids is 2. The van der Waals surface area contributed by atoms with Crippen molar-refractivity contribution >= 4 is 40.8 Å². The molecule has 3 N–H and O–H groups in total. The minimum atomic E-state index is -0.675. The lowest BCUT2D eigenvalue weighted by molar-refractivity contribution is -0.116. The second-order valence-electron chi connectivity index (χ2n) is 7.14. The Morgan fingerprint density at radius 2 is 2.13 bits per heavy atom. The second-order valence-corrected chi connectivity index (χ2v) is 7.14. The first-order chi connectivity index (χ1) is 15.0. The van der Waals surface area contributed by atoms with Crippen molar-refractivity contribution < 1.29 is 14.0 Å². The van der Waals surface area contributed by atoms with Gasteiger partial charge in [-0.05, 0) is 36.2 Å². The lowest BCUT2D eigenvalue weighted by Gasteiger charge is -2.09. The first-order valence-electron chi connectivity index (χ1n) is 10.0. The molecule has 2 heterocycles. The van der Waals surface area contributed by atoms with Crippen molar-refractivity contribution in [3.63, 3.8) is 0 Å². The largest absolute Gasteiger partial charge is 0.345 e. The molecule has 31 heavy (non-hydrogen) atoms. The average molecular weight is 421 g/mol. The number of nitrogens with zero attached hydrogens (tertiary/aromatic N) is 2. The number of aromatic amines is 1. The van der Waals surface area contributed by atoms with E-state index in [9.17, 15) is 14.0 Å². The van der Waals surface area contributed by atoms with Crippen molar-refractivity contribution in [1.29, 1.82) is 5.41 Å². The predicted octanol–water partition coefficient (Wildman–Crippen LogP) is 4.50. The summed E-state index contributed by atoms with van der Waals surface area (Å²) in [4.78, 5) is 36.3. The highest BCUT2D eigenvalue weighted by Gasteiger charge is 2.20. The minimum absolute atomic E-state index is 0.140. The summed E-state index contributed by atoms with van der Waals surface area (Å²) in [5.74, 6) is -1.75. The molecule has 1 atom stereocenters. The standard InChI is InChI=1S/C23H24FN5O2/c1-3-4-5-21(30)29-16-6-7-20(24)18(9-16)22(31)19-13-28-23-17(19)8-14(12-27-23)15(10-25)11-26-2/h6-13,15,25H,3-5H2,1-2H3,(H,27,28)(H,29,30). The van der Waals surface area contributed by atoms with Crippen molar-refractivity contribution in [3.05, 3.63) is 59.2 Å². The van der Waals surface area contributed by atoms with Gasteiger partial charge in [-0.1, -0.05) is 13.3 Å². The number of aliphatic imine (C=N–C) groups is 1. The summed E-state index contributed by atoms with van der Waals surface area (Å²) < 4.78 is 14.5. The number of unbranched alkanes of at least 4 members (excludes halogenated alkanes) is 1. The van der Waals surface area contributed by atoms with Gasteiger partial charge < -0.3 is 15.7 Å². The molecular weight excluding hydrogens is 397 g/mol. The van der Waals surface area contributed by atoms with Gasteiger partial charge in [0.1, 0.15) is 11.5 Å². The van der Waals surface area contributed by atoms with E-state index in [1.165, 1.54) is 30.6 Å². The molecule has 160 valence electrons. The van der Waals surface area contributed by atoms with Crippen LogP contribution in [0, 0.1) is 11.2 Å². The van der Waals surface area contributed by atoms with E-state index in [4.69, 9.17) is 5.41 Å². The van der Waals surface area contributed by atoms with Gasteiger partial charge in [0.05, 0.1) is 11.5 Å². The Bertz CT molecular complexity index is 1150. The third-order valence-electron chi connectivity index (χ3n) is 4.92. The van der Waals surface area contributed by atoms with Crippen LogP contribution in [0.15, 0.2) is 41.7 Å². The van der Waals surface area contributed by atoms with Gasteiger partial charge in [0.25, 0.3) is 0 Å². The molecule has 1 unspecified atom stereocenters. The maximum Gasteiger partial charge on any atom is 0.224 e. The summed E-state index contributed by atoms with van der Waals surface area (Å²) >= 11 is 0. The minimum Gasteiger partial charge on any atom is -0.345 e. The number of H-pyrrole nitrogens is 1. The molecule has 3 rings (SSSR count). The van der Waals surface area contributed by atoms with Crippen LogP contribution in [0.5, 0.6) is 0 Å². The molecule has 0 spiro atoms. The van der Waals surface area contributed by atoms with Gasteiger partial charge in [0.2, 0.25) is 5.91 Å². The fourth-order valence-electron chi connectivity index (χ4n) is 3.26. The third-order valence-corrected chi connectivity index (χ3v) is 4.92. The van der Waals surface area contributed by atoms with E-state index in [1.54, 1.807) is 25.5 Å². The fraction of sp³-hybridized carbons (Fsp3) is 0.261. The maximum absolute atomic E-state index is 14.5. The Balaban J connectivity index is 1.96. The number of ketones is 1. The normalized spacial score (nSPS) is 12.2. The van der Waals surface area contributed by atoms with Crippen LogP contribution in [0.2, 0.25) is 0 Å². The summed E-state index contributed by atoms with van der Waals surface area (Å²) in [7, 11) is 1.62. The highest BCUT2D eigenvalue weighted by Crippen LogP contribution is 2.25. The number of halogens is 1. The van der Waals surface area contributed by atoms with Gasteiger partial charge in [-0.15, -0.1) is 0 Å². The van der Waals surface area contributed by atoms with E-state index >= 15 is 0 Å². The van der Waals surface area contributed by atoms with E-state index in [0.29, 0.717) is 28.7 Å². The van der Waals surface area contributed by atoms with E-state index in [-0.39, 0.29) is 23.0 Å². The van der Waals surface area contributed by atoms with Crippen LogP contribution in [0.25, 0.3) is 11.0 Å². The van der Waals surface area contributed by atoms with Gasteiger partial charge in [-0.25, -0.2) is 9.37 Å². The molecule has 8 heteroatoms. The van der Waals surface area contributed by atoms with E-state index in [0.717, 1.165) is 12.8 Å². The number of hydrogen-bond acceptors (Lipinski definition) is 5. The van der Waals surface area contributed by atoms with Gasteiger partial charge in [-0.2, -0.15) is 0 Å². The van der Waals surface area contributed by atoms with Gasteiger partial charge in [0.15, 0.2) is 5.78 Å². The summed E-state index contributed by atoms with van der Waals surface area (Å²) in [6, 6.07) is 5.70. The number of carbonyl (C=O) groups is 2. The van der Waals surface area contributed by atoms with Crippen LogP contribution in [-0.4, -0.2) is 41.1 Å². The van der Waals surface area contributed by atoms with Gasteiger partial charge >= 0.3 is 0 Å². The molecule has 2 aromatic heterocycles. The zero-order valence-corrected chi connectivity index (χ0v) is 17.4. The zero-order chi connectivity index (χ0) is 22.4. The first kappa shape index (κ1) is 22.0. The van der Waals surface area contributed by atoms with E-state index in [2.05, 4.69) is 20.3 Å². The molecule has 0 bridgehead atoms. The van der Waals surface area contributed by atoms with Gasteiger partial charge in [-0.3, -0.25) is 14.6 Å². The first-order valence-corrected chi connectivity index (χ1v) is 10.0. The van der Waals surface area contributed by atoms with Crippen LogP contribution in [-0.2, 0) is 4.79 Å². The molecule has 1 aromatic carbocycles. The SMILES string of the molecule is CCCCC(=O)Nc1ccc(F)c(C(=O)c2c[nH]c3ncc(C(C=N)C=NC)cc23)c1. The number of amides is 1. The Hall–Kier alpha value is -3.68. The van der Waals surface area contributed by atoms with Crippen LogP contribution in [0.3, 0.4) is 0 Å². The molecule has 0 radical (unpaired) electrons. The second kappa shape index (κ2) is 9.88. The summed E-state index contributed by atoms with van der Waals surface area (Å²) in [5.41, 5.74) is 1.66. The summed E-state index contributed by atoms with van der Waals surface area (Å²) in [5, 5.41) is 10.8. The van der Waals surface area contributed by atoms with Crippen molar-refractivity contribution in [2.45, 2.75) is 32.1 Å². The Morgan fingerprint density at radius 3 is 2.84 bits per heavy atom. The molecule has 0 fully saturated rings. The molecule has 1 amide bonds. The molecule has 3 aromatic rings. The number of aromatic nitrogens is 2. The topological polar surface area (TPSA) is 111 Å². The van der Waals surface area contributed by atoms with Crippen molar-refractivity contribution in [1.82, 2.24) is 9.97 Å². The summed E-state index contributed by atoms with van der Waals surface area (Å²) in [6.07, 6.45) is 7.94. The summed E-state index contributed by atoms with van der Waals surface area (Å²) in [6.45, 7) is 1.99. The van der Waals surface area contributed by atoms with E-state index in [1.807, 2.05) is 6.92 Å². The Morgan fingerprint density at radius 1 is 1.32 bits per heavy atom. The van der Waals surface area contributed by atoms with Crippen molar-refractivity contribution in [3.8, 4) is 0 Å². The number of hydrogen-bond donors (Lipinski definition) is 3.